The van der Waals surface area contributed by atoms with Crippen LogP contribution in [0.3, 0.4) is 0 Å². The number of halogens is 3. The quantitative estimate of drug-likeness (QED) is 0.787. The molecule has 0 spiro atoms. The topological polar surface area (TPSA) is 58.6 Å². The van der Waals surface area contributed by atoms with E-state index in [-0.39, 0.29) is 23.6 Å². The molecule has 0 aromatic heterocycles. The van der Waals surface area contributed by atoms with Gasteiger partial charge in [0.25, 0.3) is 5.91 Å². The molecule has 2 aromatic rings. The fourth-order valence-electron chi connectivity index (χ4n) is 2.56. The van der Waals surface area contributed by atoms with E-state index in [0.29, 0.717) is 11.3 Å². The van der Waals surface area contributed by atoms with Crippen molar-refractivity contribution in [2.24, 2.45) is 0 Å². The number of amides is 2. The van der Waals surface area contributed by atoms with Gasteiger partial charge < -0.3 is 15.0 Å². The molecule has 0 unspecified atom stereocenters. The van der Waals surface area contributed by atoms with Gasteiger partial charge in [-0.2, -0.15) is 0 Å². The number of carbonyl (C=O) groups excluding carboxylic acids is 2. The van der Waals surface area contributed by atoms with Gasteiger partial charge in [-0.1, -0.05) is 32.9 Å². The average molecular weight is 408 g/mol. The van der Waals surface area contributed by atoms with E-state index in [0.717, 1.165) is 17.7 Å². The van der Waals surface area contributed by atoms with E-state index in [1.54, 1.807) is 12.1 Å². The monoisotopic (exact) mass is 408 g/mol. The van der Waals surface area contributed by atoms with Gasteiger partial charge in [-0.15, -0.1) is 13.2 Å². The maximum atomic E-state index is 12.5. The zero-order valence-electron chi connectivity index (χ0n) is 16.6. The van der Waals surface area contributed by atoms with Gasteiger partial charge >= 0.3 is 6.36 Å². The van der Waals surface area contributed by atoms with Crippen molar-refractivity contribution in [2.75, 3.05) is 18.9 Å². The van der Waals surface area contributed by atoms with Crippen LogP contribution < -0.4 is 10.1 Å². The molecule has 0 saturated carbocycles. The summed E-state index contributed by atoms with van der Waals surface area (Å²) in [6.45, 7) is 6.01. The van der Waals surface area contributed by atoms with E-state index in [2.05, 4.69) is 30.8 Å². The number of alkyl halides is 3. The summed E-state index contributed by atoms with van der Waals surface area (Å²) in [7, 11) is 1.50. The minimum Gasteiger partial charge on any atom is -0.406 e. The van der Waals surface area contributed by atoms with Crippen LogP contribution in [-0.4, -0.2) is 36.7 Å². The van der Waals surface area contributed by atoms with Crippen molar-refractivity contribution in [2.45, 2.75) is 32.5 Å². The first kappa shape index (κ1) is 22.3. The van der Waals surface area contributed by atoms with Crippen molar-refractivity contribution in [3.05, 3.63) is 59.7 Å². The third kappa shape index (κ3) is 6.81. The first-order chi connectivity index (χ1) is 13.3. The molecule has 1 N–H and O–H groups in total. The maximum absolute atomic E-state index is 12.5. The van der Waals surface area contributed by atoms with E-state index in [1.807, 2.05) is 12.1 Å². The number of ether oxygens (including phenoxy) is 1. The Bertz CT molecular complexity index is 855. The van der Waals surface area contributed by atoms with Crippen LogP contribution in [0, 0.1) is 0 Å². The molecule has 2 aromatic carbocycles. The molecule has 0 aliphatic heterocycles. The highest BCUT2D eigenvalue weighted by atomic mass is 19.4. The lowest BCUT2D eigenvalue weighted by Gasteiger charge is -2.20. The number of carbonyl (C=O) groups is 2. The number of nitrogens with zero attached hydrogens (tertiary/aromatic N) is 1. The Morgan fingerprint density at radius 3 is 2.00 bits per heavy atom. The van der Waals surface area contributed by atoms with Crippen LogP contribution >= 0.6 is 0 Å². The third-order valence-electron chi connectivity index (χ3n) is 4.10. The second kappa shape index (κ2) is 8.55. The zero-order valence-corrected chi connectivity index (χ0v) is 16.6. The fourth-order valence-corrected chi connectivity index (χ4v) is 2.56. The first-order valence-electron chi connectivity index (χ1n) is 8.87. The second-order valence-electron chi connectivity index (χ2n) is 7.61. The zero-order chi connectivity index (χ0) is 21.8. The summed E-state index contributed by atoms with van der Waals surface area (Å²) < 4.78 is 40.3. The molecule has 0 saturated heterocycles. The summed E-state index contributed by atoms with van der Waals surface area (Å²) >= 11 is 0. The summed E-state index contributed by atoms with van der Waals surface area (Å²) in [6.07, 6.45) is -4.78. The van der Waals surface area contributed by atoms with Gasteiger partial charge in [-0.25, -0.2) is 0 Å². The van der Waals surface area contributed by atoms with E-state index in [4.69, 9.17) is 0 Å². The molecule has 0 radical (unpaired) electrons. The Kier molecular flexibility index (Phi) is 6.56. The molecular formula is C21H23F3N2O3. The van der Waals surface area contributed by atoms with Crippen LogP contribution in [0.25, 0.3) is 0 Å². The van der Waals surface area contributed by atoms with Crippen LogP contribution in [0.1, 0.15) is 36.7 Å². The molecule has 156 valence electrons. The van der Waals surface area contributed by atoms with Gasteiger partial charge in [0.15, 0.2) is 0 Å². The van der Waals surface area contributed by atoms with Crippen molar-refractivity contribution in [3.63, 3.8) is 0 Å². The van der Waals surface area contributed by atoms with E-state index >= 15 is 0 Å². The second-order valence-corrected chi connectivity index (χ2v) is 7.61. The molecule has 0 atom stereocenters. The standard InChI is InChI=1S/C21H23F3N2O3/c1-20(2,3)15-7-5-14(6-8-15)19(28)26(4)13-18(27)25-16-9-11-17(12-10-16)29-21(22,23)24/h5-12H,13H2,1-4H3,(H,25,27). The molecule has 0 aliphatic rings. The smallest absolute Gasteiger partial charge is 0.406 e. The lowest BCUT2D eigenvalue weighted by atomic mass is 9.86. The van der Waals surface area contributed by atoms with Crippen molar-refractivity contribution in [1.29, 1.82) is 0 Å². The summed E-state index contributed by atoms with van der Waals surface area (Å²) in [6, 6.07) is 12.0. The lowest BCUT2D eigenvalue weighted by molar-refractivity contribution is -0.274. The molecule has 2 rings (SSSR count). The van der Waals surface area contributed by atoms with Gasteiger partial charge in [0.05, 0.1) is 6.54 Å². The highest BCUT2D eigenvalue weighted by Gasteiger charge is 2.31. The number of benzene rings is 2. The Hall–Kier alpha value is -3.03. The van der Waals surface area contributed by atoms with Gasteiger partial charge in [0, 0.05) is 18.3 Å². The minimum atomic E-state index is -4.78. The molecular weight excluding hydrogens is 385 g/mol. The van der Waals surface area contributed by atoms with Crippen LogP contribution in [0.15, 0.2) is 48.5 Å². The van der Waals surface area contributed by atoms with Gasteiger partial charge in [-0.3, -0.25) is 9.59 Å². The average Bonchev–Trinajstić information content (AvgIpc) is 2.60. The summed E-state index contributed by atoms with van der Waals surface area (Å²) in [5.41, 5.74) is 1.81. The Morgan fingerprint density at radius 2 is 1.52 bits per heavy atom. The largest absolute Gasteiger partial charge is 0.573 e. The van der Waals surface area contributed by atoms with Crippen molar-refractivity contribution in [1.82, 2.24) is 4.90 Å². The molecule has 5 nitrogen and oxygen atoms in total. The highest BCUT2D eigenvalue weighted by molar-refractivity contribution is 5.99. The normalized spacial score (nSPS) is 11.7. The Morgan fingerprint density at radius 1 is 0.966 bits per heavy atom. The number of nitrogens with one attached hydrogen (secondary N) is 1. The summed E-state index contributed by atoms with van der Waals surface area (Å²) in [5.74, 6) is -1.17. The molecule has 0 bridgehead atoms. The SMILES string of the molecule is CN(CC(=O)Nc1ccc(OC(F)(F)F)cc1)C(=O)c1ccc(C(C)(C)C)cc1. The molecule has 29 heavy (non-hydrogen) atoms. The lowest BCUT2D eigenvalue weighted by Crippen LogP contribution is -2.35. The highest BCUT2D eigenvalue weighted by Crippen LogP contribution is 2.24. The van der Waals surface area contributed by atoms with E-state index < -0.39 is 12.3 Å². The van der Waals surface area contributed by atoms with Gasteiger partial charge in [0.2, 0.25) is 5.91 Å². The fraction of sp³-hybridized carbons (Fsp3) is 0.333. The van der Waals surface area contributed by atoms with Crippen molar-refractivity contribution < 1.29 is 27.5 Å². The number of anilines is 1. The van der Waals surface area contributed by atoms with Crippen LogP contribution in [0.5, 0.6) is 5.75 Å². The first-order valence-corrected chi connectivity index (χ1v) is 8.87. The number of rotatable bonds is 5. The Labute approximate surface area is 167 Å². The molecule has 0 fully saturated rings. The minimum absolute atomic E-state index is 0.0337. The van der Waals surface area contributed by atoms with Crippen LogP contribution in [0.4, 0.5) is 18.9 Å². The molecule has 2 amide bonds. The van der Waals surface area contributed by atoms with Crippen LogP contribution in [-0.2, 0) is 10.2 Å². The number of hydrogen-bond acceptors (Lipinski definition) is 3. The van der Waals surface area contributed by atoms with E-state index in [1.165, 1.54) is 24.1 Å². The summed E-state index contributed by atoms with van der Waals surface area (Å²) in [5, 5.41) is 2.53. The molecule has 8 heteroatoms. The predicted octanol–water partition coefficient (Wildman–Crippen LogP) is 4.59. The van der Waals surface area contributed by atoms with Gasteiger partial charge in [-0.05, 0) is 47.4 Å². The van der Waals surface area contributed by atoms with E-state index in [9.17, 15) is 22.8 Å². The Balaban J connectivity index is 1.93. The van der Waals surface area contributed by atoms with Crippen molar-refractivity contribution in [3.8, 4) is 5.75 Å². The number of likely N-dealkylation sites (N-methyl/N-ethyl adjacent to an activating group) is 1. The van der Waals surface area contributed by atoms with Crippen LogP contribution in [0.2, 0.25) is 0 Å². The van der Waals surface area contributed by atoms with Crippen molar-refractivity contribution >= 4 is 17.5 Å². The predicted molar refractivity (Wildman–Crippen MR) is 104 cm³/mol. The summed E-state index contributed by atoms with van der Waals surface area (Å²) in [4.78, 5) is 25.9. The molecule has 0 aliphatic carbocycles. The maximum Gasteiger partial charge on any atom is 0.573 e. The van der Waals surface area contributed by atoms with Gasteiger partial charge in [0.1, 0.15) is 5.75 Å². The third-order valence-corrected chi connectivity index (χ3v) is 4.10. The molecule has 0 heterocycles. The number of hydrogen-bond donors (Lipinski definition) is 1.